The first-order chi connectivity index (χ1) is 20.0. The molecule has 2 aromatic carbocycles. The topological polar surface area (TPSA) is 95.0 Å². The summed E-state index contributed by atoms with van der Waals surface area (Å²) in [5.74, 6) is -1.04. The van der Waals surface area contributed by atoms with Crippen LogP contribution in [-0.4, -0.2) is 73.7 Å². The first-order valence-electron chi connectivity index (χ1n) is 14.1. The highest BCUT2D eigenvalue weighted by molar-refractivity contribution is 6.33. The van der Waals surface area contributed by atoms with Gasteiger partial charge in [0.2, 0.25) is 0 Å². The summed E-state index contributed by atoms with van der Waals surface area (Å²) >= 11 is 13.2. The van der Waals surface area contributed by atoms with E-state index >= 15 is 0 Å². The first kappa shape index (κ1) is 31.6. The Morgan fingerprint density at radius 3 is 2.33 bits per heavy atom. The molecule has 1 saturated carbocycles. The Balaban J connectivity index is 1.78. The van der Waals surface area contributed by atoms with Gasteiger partial charge in [0.05, 0.1) is 17.3 Å². The van der Waals surface area contributed by atoms with Gasteiger partial charge in [0.25, 0.3) is 5.91 Å². The van der Waals surface area contributed by atoms with Crippen molar-refractivity contribution in [2.45, 2.75) is 44.1 Å². The van der Waals surface area contributed by atoms with Gasteiger partial charge in [-0.2, -0.15) is 0 Å². The molecule has 2 N–H and O–H groups in total. The van der Waals surface area contributed by atoms with Gasteiger partial charge in [0, 0.05) is 48.0 Å². The van der Waals surface area contributed by atoms with Gasteiger partial charge in [0.15, 0.2) is 0 Å². The number of carbonyl (C=O) groups excluding carboxylic acids is 1. The number of aliphatic carboxylic acids is 1. The van der Waals surface area contributed by atoms with Crippen molar-refractivity contribution in [3.8, 4) is 28.1 Å². The van der Waals surface area contributed by atoms with E-state index in [1.54, 1.807) is 18.2 Å². The third kappa shape index (κ3) is 7.35. The monoisotopic (exact) mass is 612 g/mol. The van der Waals surface area contributed by atoms with Gasteiger partial charge in [-0.15, -0.1) is 0 Å². The number of benzene rings is 2. The zero-order valence-electron chi connectivity index (χ0n) is 24.5. The molecule has 0 bridgehead atoms. The zero-order valence-corrected chi connectivity index (χ0v) is 26.1. The van der Waals surface area contributed by atoms with Crippen LogP contribution in [0.2, 0.25) is 10.0 Å². The summed E-state index contributed by atoms with van der Waals surface area (Å²) in [4.78, 5) is 34.6. The van der Waals surface area contributed by atoms with E-state index in [1.807, 2.05) is 63.4 Å². The molecule has 3 aromatic rings. The second-order valence-corrected chi connectivity index (χ2v) is 12.0. The lowest BCUT2D eigenvalue weighted by atomic mass is 9.81. The molecule has 0 aliphatic heterocycles. The van der Waals surface area contributed by atoms with E-state index < -0.39 is 17.4 Å². The number of rotatable bonds is 11. The lowest BCUT2D eigenvalue weighted by molar-refractivity contribution is -0.145. The van der Waals surface area contributed by atoms with Crippen molar-refractivity contribution in [2.24, 2.45) is 0 Å². The third-order valence-electron chi connectivity index (χ3n) is 7.57. The molecule has 0 spiro atoms. The standard InChI is InChI=1S/C32H38Cl2N4O4/c1-37(2)17-8-18-42-28-19-21(9-12-26(28)34)29-23(24-20-22(38(3)4)10-13-25(24)33)11-14-27(35-29)30(39)36-32(31(40)41)15-6-5-7-16-32/h9-14,19-20H,5-8,15-18H2,1-4H3,(H,36,39)(H,40,41). The van der Waals surface area contributed by atoms with Crippen LogP contribution in [0.4, 0.5) is 5.69 Å². The van der Waals surface area contributed by atoms with E-state index in [4.69, 9.17) is 32.9 Å². The average molecular weight is 614 g/mol. The van der Waals surface area contributed by atoms with Crippen molar-refractivity contribution in [2.75, 3.05) is 46.2 Å². The van der Waals surface area contributed by atoms with Crippen LogP contribution in [0.5, 0.6) is 5.75 Å². The number of nitrogens with zero attached hydrogens (tertiary/aromatic N) is 3. The Labute approximate surface area is 257 Å². The van der Waals surface area contributed by atoms with Crippen LogP contribution >= 0.6 is 23.2 Å². The van der Waals surface area contributed by atoms with Crippen LogP contribution in [0.15, 0.2) is 48.5 Å². The Morgan fingerprint density at radius 1 is 0.952 bits per heavy atom. The molecule has 1 aliphatic carbocycles. The molecule has 8 nitrogen and oxygen atoms in total. The predicted octanol–water partition coefficient (Wildman–Crippen LogP) is 6.64. The van der Waals surface area contributed by atoms with Crippen molar-refractivity contribution in [3.63, 3.8) is 0 Å². The molecule has 1 fully saturated rings. The number of amides is 1. The van der Waals surface area contributed by atoms with E-state index in [0.717, 1.165) is 43.5 Å². The molecule has 1 heterocycles. The number of hydrogen-bond acceptors (Lipinski definition) is 6. The number of ether oxygens (including phenoxy) is 1. The number of halogens is 2. The quantitative estimate of drug-likeness (QED) is 0.234. The molecular weight excluding hydrogens is 575 g/mol. The summed E-state index contributed by atoms with van der Waals surface area (Å²) < 4.78 is 6.02. The fourth-order valence-corrected chi connectivity index (χ4v) is 5.57. The average Bonchev–Trinajstić information content (AvgIpc) is 2.96. The largest absolute Gasteiger partial charge is 0.492 e. The van der Waals surface area contributed by atoms with E-state index in [1.165, 1.54) is 0 Å². The van der Waals surface area contributed by atoms with Crippen LogP contribution in [0.25, 0.3) is 22.4 Å². The highest BCUT2D eigenvalue weighted by atomic mass is 35.5. The maximum absolute atomic E-state index is 13.5. The summed E-state index contributed by atoms with van der Waals surface area (Å²) in [7, 11) is 7.91. The lowest BCUT2D eigenvalue weighted by Crippen LogP contribution is -2.55. The normalized spacial score (nSPS) is 14.5. The van der Waals surface area contributed by atoms with Crippen molar-refractivity contribution in [1.29, 1.82) is 0 Å². The first-order valence-corrected chi connectivity index (χ1v) is 14.9. The molecule has 1 aliphatic rings. The lowest BCUT2D eigenvalue weighted by Gasteiger charge is -2.33. The van der Waals surface area contributed by atoms with Gasteiger partial charge in [-0.25, -0.2) is 9.78 Å². The van der Waals surface area contributed by atoms with Gasteiger partial charge in [-0.05, 0) is 75.8 Å². The summed E-state index contributed by atoms with van der Waals surface area (Å²) in [5, 5.41) is 13.8. The second-order valence-electron chi connectivity index (χ2n) is 11.2. The molecule has 10 heteroatoms. The van der Waals surface area contributed by atoms with Crippen molar-refractivity contribution >= 4 is 40.8 Å². The smallest absolute Gasteiger partial charge is 0.329 e. The highest BCUT2D eigenvalue weighted by Gasteiger charge is 2.41. The van der Waals surface area contributed by atoms with Gasteiger partial charge >= 0.3 is 5.97 Å². The van der Waals surface area contributed by atoms with E-state index in [-0.39, 0.29) is 5.69 Å². The van der Waals surface area contributed by atoms with Crippen LogP contribution in [-0.2, 0) is 4.79 Å². The molecule has 0 radical (unpaired) electrons. The molecule has 4 rings (SSSR count). The molecule has 224 valence electrons. The number of carbonyl (C=O) groups is 2. The number of pyridine rings is 1. The summed E-state index contributed by atoms with van der Waals surface area (Å²) in [6.07, 6.45) is 4.03. The second kappa shape index (κ2) is 13.8. The van der Waals surface area contributed by atoms with Crippen molar-refractivity contribution in [3.05, 3.63) is 64.3 Å². The SMILES string of the molecule is CN(C)CCCOc1cc(-c2nc(C(=O)NC3(C(=O)O)CCCCC3)ccc2-c2cc(N(C)C)ccc2Cl)ccc1Cl. The van der Waals surface area contributed by atoms with Gasteiger partial charge in [0.1, 0.15) is 17.0 Å². The third-order valence-corrected chi connectivity index (χ3v) is 8.21. The number of carboxylic acid groups (broad SMARTS) is 1. The summed E-state index contributed by atoms with van der Waals surface area (Å²) in [5.41, 5.74) is 2.41. The number of nitrogens with one attached hydrogen (secondary N) is 1. The van der Waals surface area contributed by atoms with Crippen LogP contribution in [0.1, 0.15) is 49.0 Å². The fraction of sp³-hybridized carbons (Fsp3) is 0.406. The number of carboxylic acids is 1. The number of anilines is 1. The van der Waals surface area contributed by atoms with Crippen molar-refractivity contribution in [1.82, 2.24) is 15.2 Å². The number of aromatic nitrogens is 1. The number of hydrogen-bond donors (Lipinski definition) is 2. The minimum atomic E-state index is -1.30. The maximum Gasteiger partial charge on any atom is 0.329 e. The maximum atomic E-state index is 13.5. The van der Waals surface area contributed by atoms with Gasteiger partial charge < -0.3 is 25.0 Å². The molecule has 1 aromatic heterocycles. The predicted molar refractivity (Wildman–Crippen MR) is 169 cm³/mol. The molecule has 0 atom stereocenters. The van der Waals surface area contributed by atoms with Gasteiger partial charge in [-0.1, -0.05) is 48.5 Å². The molecular formula is C32H38Cl2N4O4. The van der Waals surface area contributed by atoms with E-state index in [0.29, 0.717) is 52.1 Å². The molecule has 1 amide bonds. The Morgan fingerprint density at radius 2 is 1.67 bits per heavy atom. The molecule has 42 heavy (non-hydrogen) atoms. The summed E-state index contributed by atoms with van der Waals surface area (Å²) in [6.45, 7) is 1.36. The Bertz CT molecular complexity index is 1440. The molecule has 0 unspecified atom stereocenters. The van der Waals surface area contributed by atoms with Crippen LogP contribution in [0, 0.1) is 0 Å². The fourth-order valence-electron chi connectivity index (χ4n) is 5.17. The van der Waals surface area contributed by atoms with Crippen molar-refractivity contribution < 1.29 is 19.4 Å². The minimum absolute atomic E-state index is 0.114. The van der Waals surface area contributed by atoms with Crippen LogP contribution in [0.3, 0.4) is 0 Å². The Kier molecular flexibility index (Phi) is 10.4. The Hall–Kier alpha value is -3.33. The van der Waals surface area contributed by atoms with E-state index in [2.05, 4.69) is 10.2 Å². The molecule has 0 saturated heterocycles. The van der Waals surface area contributed by atoms with E-state index in [9.17, 15) is 14.7 Å². The zero-order chi connectivity index (χ0) is 30.4. The van der Waals surface area contributed by atoms with Gasteiger partial charge in [-0.3, -0.25) is 4.79 Å². The van der Waals surface area contributed by atoms with Crippen LogP contribution < -0.4 is 15.0 Å². The summed E-state index contributed by atoms with van der Waals surface area (Å²) in [6, 6.07) is 14.5. The minimum Gasteiger partial charge on any atom is -0.492 e. The highest BCUT2D eigenvalue weighted by Crippen LogP contribution is 2.39.